The van der Waals surface area contributed by atoms with Crippen molar-refractivity contribution < 1.29 is 23.0 Å². The summed E-state index contributed by atoms with van der Waals surface area (Å²) < 4.78 is 40.8. The molecule has 4 rings (SSSR count). The Balaban J connectivity index is 2.06. The molecule has 1 unspecified atom stereocenters. The highest BCUT2D eigenvalue weighted by molar-refractivity contribution is 7.77. The SMILES string of the molecule is CCOc1cccc(-c2nc3[nH]c(=O)c(CNS(=O)O)nc3n2-c2c(OC)cccc2OC)n1. The third kappa shape index (κ3) is 4.48. The van der Waals surface area contributed by atoms with Crippen LogP contribution in [0.1, 0.15) is 12.6 Å². The van der Waals surface area contributed by atoms with Crippen molar-refractivity contribution in [2.45, 2.75) is 13.5 Å². The van der Waals surface area contributed by atoms with E-state index in [1.807, 2.05) is 6.92 Å². The lowest BCUT2D eigenvalue weighted by molar-refractivity contribution is 0.327. The van der Waals surface area contributed by atoms with Crippen LogP contribution in [-0.4, -0.2) is 54.1 Å². The fourth-order valence-electron chi connectivity index (χ4n) is 3.41. The zero-order chi connectivity index (χ0) is 24.2. The van der Waals surface area contributed by atoms with Crippen LogP contribution >= 0.6 is 0 Å². The molecule has 1 atom stereocenters. The largest absolute Gasteiger partial charge is 0.494 e. The molecule has 0 bridgehead atoms. The molecule has 3 N–H and O–H groups in total. The van der Waals surface area contributed by atoms with Gasteiger partial charge in [0.25, 0.3) is 5.56 Å². The van der Waals surface area contributed by atoms with Gasteiger partial charge in [-0.3, -0.25) is 13.9 Å². The summed E-state index contributed by atoms with van der Waals surface area (Å²) in [5, 5.41) is 0. The van der Waals surface area contributed by atoms with Crippen LogP contribution in [0.25, 0.3) is 28.5 Å². The highest BCUT2D eigenvalue weighted by atomic mass is 32.2. The average molecular weight is 487 g/mol. The van der Waals surface area contributed by atoms with Gasteiger partial charge in [-0.2, -0.15) is 0 Å². The van der Waals surface area contributed by atoms with Gasteiger partial charge in [0.15, 0.2) is 17.1 Å². The van der Waals surface area contributed by atoms with Gasteiger partial charge in [-0.25, -0.2) is 23.9 Å². The second-order valence-corrected chi connectivity index (χ2v) is 7.62. The number of rotatable bonds is 9. The second-order valence-electron chi connectivity index (χ2n) is 6.83. The number of ether oxygens (including phenoxy) is 3. The van der Waals surface area contributed by atoms with Crippen LogP contribution in [0, 0.1) is 0 Å². The highest BCUT2D eigenvalue weighted by Crippen LogP contribution is 2.37. The third-order valence-electron chi connectivity index (χ3n) is 4.82. The van der Waals surface area contributed by atoms with E-state index in [9.17, 15) is 9.00 Å². The summed E-state index contributed by atoms with van der Waals surface area (Å²) in [7, 11) is 3.04. The van der Waals surface area contributed by atoms with Crippen molar-refractivity contribution in [3.05, 3.63) is 52.4 Å². The average Bonchev–Trinajstić information content (AvgIpc) is 3.19. The van der Waals surface area contributed by atoms with Crippen LogP contribution in [0.2, 0.25) is 0 Å². The molecule has 0 radical (unpaired) electrons. The number of imidazole rings is 1. The number of nitrogens with zero attached hydrogens (tertiary/aromatic N) is 4. The van der Waals surface area contributed by atoms with E-state index in [0.29, 0.717) is 41.2 Å². The third-order valence-corrected chi connectivity index (χ3v) is 5.21. The molecule has 0 spiro atoms. The molecule has 0 aliphatic rings. The van der Waals surface area contributed by atoms with Crippen molar-refractivity contribution in [1.82, 2.24) is 29.2 Å². The first-order valence-electron chi connectivity index (χ1n) is 10.1. The standard InChI is InChI=1S/C21H22N6O6S/c1-4-33-16-10-5-7-12(23-16)19-25-18-20(24-13(21(28)26-18)11-22-34(29)30)27(19)17-14(31-2)8-6-9-15(17)32-3/h5-10,22H,4,11H2,1-3H3,(H,26,28)(H,29,30). The number of aromatic amines is 1. The first-order valence-corrected chi connectivity index (χ1v) is 11.2. The Bertz CT molecular complexity index is 1400. The van der Waals surface area contributed by atoms with Gasteiger partial charge < -0.3 is 19.2 Å². The number of H-pyrrole nitrogens is 1. The van der Waals surface area contributed by atoms with Crippen LogP contribution in [0.15, 0.2) is 41.2 Å². The van der Waals surface area contributed by atoms with E-state index in [1.54, 1.807) is 41.0 Å². The highest BCUT2D eigenvalue weighted by Gasteiger charge is 2.24. The van der Waals surface area contributed by atoms with E-state index in [4.69, 9.17) is 18.8 Å². The number of fused-ring (bicyclic) bond motifs is 1. The van der Waals surface area contributed by atoms with Crippen molar-refractivity contribution in [1.29, 1.82) is 0 Å². The number of nitrogens with one attached hydrogen (secondary N) is 2. The summed E-state index contributed by atoms with van der Waals surface area (Å²) in [6.45, 7) is 2.05. The molecule has 0 saturated heterocycles. The van der Waals surface area contributed by atoms with Gasteiger partial charge >= 0.3 is 0 Å². The van der Waals surface area contributed by atoms with Crippen LogP contribution < -0.4 is 24.5 Å². The Morgan fingerprint density at radius 2 is 1.79 bits per heavy atom. The molecule has 1 aromatic carbocycles. The Morgan fingerprint density at radius 3 is 2.44 bits per heavy atom. The van der Waals surface area contributed by atoms with Gasteiger partial charge in [0.05, 0.1) is 27.4 Å². The predicted molar refractivity (Wildman–Crippen MR) is 125 cm³/mol. The predicted octanol–water partition coefficient (Wildman–Crippen LogP) is 1.81. The van der Waals surface area contributed by atoms with Crippen molar-refractivity contribution in [2.75, 3.05) is 20.8 Å². The number of aromatic nitrogens is 5. The van der Waals surface area contributed by atoms with Gasteiger partial charge in [-0.1, -0.05) is 12.1 Å². The molecule has 3 aromatic heterocycles. The first-order chi connectivity index (χ1) is 16.5. The molecule has 34 heavy (non-hydrogen) atoms. The fourth-order valence-corrected chi connectivity index (χ4v) is 3.67. The number of methoxy groups -OCH3 is 2. The summed E-state index contributed by atoms with van der Waals surface area (Å²) in [6, 6.07) is 10.5. The van der Waals surface area contributed by atoms with Crippen LogP contribution in [0.3, 0.4) is 0 Å². The Kier molecular flexibility index (Phi) is 6.86. The zero-order valence-corrected chi connectivity index (χ0v) is 19.4. The maximum absolute atomic E-state index is 12.6. The number of para-hydroxylation sites is 1. The molecule has 0 saturated carbocycles. The van der Waals surface area contributed by atoms with Gasteiger partial charge in [0.2, 0.25) is 17.1 Å². The quantitative estimate of drug-likeness (QED) is 0.301. The monoisotopic (exact) mass is 486 g/mol. The molecule has 0 amide bonds. The summed E-state index contributed by atoms with van der Waals surface area (Å²) in [4.78, 5) is 28.8. The van der Waals surface area contributed by atoms with E-state index in [-0.39, 0.29) is 23.5 Å². The molecule has 3 heterocycles. The van der Waals surface area contributed by atoms with Gasteiger partial charge in [0, 0.05) is 6.07 Å². The summed E-state index contributed by atoms with van der Waals surface area (Å²) in [5.41, 5.74) is 0.829. The second kappa shape index (κ2) is 9.99. The zero-order valence-electron chi connectivity index (χ0n) is 18.6. The molecule has 178 valence electrons. The van der Waals surface area contributed by atoms with Crippen LogP contribution in [0.4, 0.5) is 0 Å². The minimum Gasteiger partial charge on any atom is -0.494 e. The van der Waals surface area contributed by atoms with Gasteiger partial charge in [-0.05, 0) is 25.1 Å². The van der Waals surface area contributed by atoms with Crippen molar-refractivity contribution in [3.8, 4) is 34.6 Å². The van der Waals surface area contributed by atoms with E-state index in [0.717, 1.165) is 0 Å². The van der Waals surface area contributed by atoms with Gasteiger partial charge in [0.1, 0.15) is 28.6 Å². The lowest BCUT2D eigenvalue weighted by atomic mass is 10.2. The van der Waals surface area contributed by atoms with E-state index in [1.165, 1.54) is 14.2 Å². The molecule has 13 heteroatoms. The number of pyridine rings is 1. The molecule has 0 aliphatic carbocycles. The molecule has 0 aliphatic heterocycles. The van der Waals surface area contributed by atoms with E-state index >= 15 is 0 Å². The Labute approximate surface area is 196 Å². The molecular weight excluding hydrogens is 464 g/mol. The summed E-state index contributed by atoms with van der Waals surface area (Å²) in [6.07, 6.45) is 0. The molecule has 12 nitrogen and oxygen atoms in total. The molecule has 4 aromatic rings. The first kappa shape index (κ1) is 23.4. The number of hydrogen-bond donors (Lipinski definition) is 3. The van der Waals surface area contributed by atoms with Crippen molar-refractivity contribution in [2.24, 2.45) is 0 Å². The minimum absolute atomic E-state index is 0.00695. The van der Waals surface area contributed by atoms with Crippen LogP contribution in [0.5, 0.6) is 17.4 Å². The molecule has 0 fully saturated rings. The fraction of sp³-hybridized carbons (Fsp3) is 0.238. The van der Waals surface area contributed by atoms with Crippen molar-refractivity contribution in [3.63, 3.8) is 0 Å². The van der Waals surface area contributed by atoms with Gasteiger partial charge in [-0.15, -0.1) is 0 Å². The number of hydrogen-bond acceptors (Lipinski definition) is 8. The topological polar surface area (TPSA) is 153 Å². The normalized spacial score (nSPS) is 12.0. The number of benzene rings is 1. The lowest BCUT2D eigenvalue weighted by Crippen LogP contribution is -2.24. The van der Waals surface area contributed by atoms with Crippen LogP contribution in [-0.2, 0) is 17.8 Å². The Morgan fingerprint density at radius 1 is 1.09 bits per heavy atom. The maximum Gasteiger partial charge on any atom is 0.272 e. The van der Waals surface area contributed by atoms with E-state index in [2.05, 4.69) is 24.7 Å². The maximum atomic E-state index is 12.6. The lowest BCUT2D eigenvalue weighted by Gasteiger charge is -2.16. The molecular formula is C21H22N6O6S. The summed E-state index contributed by atoms with van der Waals surface area (Å²) >= 11 is -2.32. The Hall–Kier alpha value is -3.81. The minimum atomic E-state index is -2.32. The summed E-state index contributed by atoms with van der Waals surface area (Å²) in [5.74, 6) is 1.68. The van der Waals surface area contributed by atoms with E-state index < -0.39 is 16.8 Å². The van der Waals surface area contributed by atoms with Crippen molar-refractivity contribution >= 4 is 22.6 Å². The smallest absolute Gasteiger partial charge is 0.272 e.